The smallest absolute Gasteiger partial charge is 0.325 e. The number of carbonyl (C=O) groups is 2. The highest BCUT2D eigenvalue weighted by Crippen LogP contribution is 2.27. The van der Waals surface area contributed by atoms with Crippen LogP contribution >= 0.6 is 0 Å². The van der Waals surface area contributed by atoms with Gasteiger partial charge in [-0.15, -0.1) is 5.10 Å². The monoisotopic (exact) mass is 289 g/mol. The molecule has 1 unspecified atom stereocenters. The number of carboxylic acid groups (broad SMARTS) is 1. The third-order valence-electron chi connectivity index (χ3n) is 3.23. The lowest BCUT2D eigenvalue weighted by molar-refractivity contribution is -0.141. The molecule has 1 aliphatic rings. The summed E-state index contributed by atoms with van der Waals surface area (Å²) in [6.45, 7) is 0.0192. The van der Waals surface area contributed by atoms with E-state index in [-0.39, 0.29) is 36.5 Å². The average molecular weight is 289 g/mol. The van der Waals surface area contributed by atoms with Crippen LogP contribution in [0.1, 0.15) is 6.42 Å². The number of nitrogens with zero attached hydrogens (tertiary/aromatic N) is 3. The Labute approximate surface area is 118 Å². The highest BCUT2D eigenvalue weighted by molar-refractivity contribution is 5.97. The van der Waals surface area contributed by atoms with Gasteiger partial charge >= 0.3 is 12.0 Å². The lowest BCUT2D eigenvalue weighted by Gasteiger charge is -2.09. The number of aromatic hydroxyl groups is 1. The van der Waals surface area contributed by atoms with E-state index in [1.54, 1.807) is 12.1 Å². The third kappa shape index (κ3) is 2.42. The van der Waals surface area contributed by atoms with Gasteiger partial charge in [0.25, 0.3) is 0 Å². The Bertz CT molecular complexity index is 694. The summed E-state index contributed by atoms with van der Waals surface area (Å²) in [7, 11) is 0. The standard InChI is InChI=1S/C13H11N3O5/c17-9-3-1-7(2-4-9)11-14-15-13(21-11)16-6-8(12(19)20)5-10(16)18/h1-4,8,17H,5-6H2,(H,19,20). The molecule has 3 rings (SSSR count). The van der Waals surface area contributed by atoms with Crippen LogP contribution < -0.4 is 4.90 Å². The first kappa shape index (κ1) is 13.1. The van der Waals surface area contributed by atoms with E-state index in [0.717, 1.165) is 0 Å². The van der Waals surface area contributed by atoms with Gasteiger partial charge < -0.3 is 14.6 Å². The van der Waals surface area contributed by atoms with Gasteiger partial charge in [-0.1, -0.05) is 5.10 Å². The van der Waals surface area contributed by atoms with Crippen molar-refractivity contribution in [3.63, 3.8) is 0 Å². The summed E-state index contributed by atoms with van der Waals surface area (Å²) in [4.78, 5) is 23.9. The van der Waals surface area contributed by atoms with Gasteiger partial charge in [0.2, 0.25) is 11.8 Å². The first-order chi connectivity index (χ1) is 10.0. The number of benzene rings is 1. The summed E-state index contributed by atoms with van der Waals surface area (Å²) >= 11 is 0. The van der Waals surface area contributed by atoms with Crippen molar-refractivity contribution in [1.82, 2.24) is 10.2 Å². The lowest BCUT2D eigenvalue weighted by Crippen LogP contribution is -2.26. The Balaban J connectivity index is 1.84. The van der Waals surface area contributed by atoms with Crippen molar-refractivity contribution in [2.24, 2.45) is 5.92 Å². The van der Waals surface area contributed by atoms with Gasteiger partial charge in [-0.3, -0.25) is 14.5 Å². The molecule has 2 aromatic rings. The summed E-state index contributed by atoms with van der Waals surface area (Å²) < 4.78 is 5.40. The summed E-state index contributed by atoms with van der Waals surface area (Å²) in [6, 6.07) is 6.12. The second-order valence-corrected chi connectivity index (χ2v) is 4.68. The maximum atomic E-state index is 11.8. The van der Waals surface area contributed by atoms with E-state index < -0.39 is 11.9 Å². The van der Waals surface area contributed by atoms with Gasteiger partial charge in [-0.25, -0.2) is 0 Å². The van der Waals surface area contributed by atoms with Crippen molar-refractivity contribution in [2.75, 3.05) is 11.4 Å². The maximum Gasteiger partial charge on any atom is 0.325 e. The van der Waals surface area contributed by atoms with Gasteiger partial charge in [-0.05, 0) is 24.3 Å². The van der Waals surface area contributed by atoms with Crippen molar-refractivity contribution in [3.05, 3.63) is 24.3 Å². The van der Waals surface area contributed by atoms with E-state index in [9.17, 15) is 14.7 Å². The molecule has 8 nitrogen and oxygen atoms in total. The Morgan fingerprint density at radius 1 is 1.29 bits per heavy atom. The van der Waals surface area contributed by atoms with Crippen LogP contribution in [0.3, 0.4) is 0 Å². The number of aliphatic carboxylic acids is 1. The van der Waals surface area contributed by atoms with Crippen molar-refractivity contribution in [2.45, 2.75) is 6.42 Å². The second-order valence-electron chi connectivity index (χ2n) is 4.68. The molecule has 21 heavy (non-hydrogen) atoms. The number of aromatic nitrogens is 2. The van der Waals surface area contributed by atoms with Crippen molar-refractivity contribution in [1.29, 1.82) is 0 Å². The van der Waals surface area contributed by atoms with E-state index in [1.165, 1.54) is 17.0 Å². The maximum absolute atomic E-state index is 11.8. The van der Waals surface area contributed by atoms with Crippen LogP contribution in [-0.2, 0) is 9.59 Å². The molecule has 0 bridgehead atoms. The number of phenols is 1. The lowest BCUT2D eigenvalue weighted by atomic mass is 10.1. The number of phenolic OH excluding ortho intramolecular Hbond substituents is 1. The van der Waals surface area contributed by atoms with E-state index in [1.807, 2.05) is 0 Å². The molecule has 1 aromatic carbocycles. The molecule has 8 heteroatoms. The molecule has 2 heterocycles. The largest absolute Gasteiger partial charge is 0.508 e. The van der Waals surface area contributed by atoms with Crippen molar-refractivity contribution >= 4 is 17.9 Å². The van der Waals surface area contributed by atoms with E-state index >= 15 is 0 Å². The van der Waals surface area contributed by atoms with E-state index in [2.05, 4.69) is 10.2 Å². The molecular weight excluding hydrogens is 278 g/mol. The first-order valence-electron chi connectivity index (χ1n) is 6.20. The second kappa shape index (κ2) is 4.89. The quantitative estimate of drug-likeness (QED) is 0.861. The highest BCUT2D eigenvalue weighted by atomic mass is 16.4. The number of carboxylic acids is 1. The van der Waals surface area contributed by atoms with E-state index in [4.69, 9.17) is 9.52 Å². The van der Waals surface area contributed by atoms with Gasteiger partial charge in [-0.2, -0.15) is 0 Å². The zero-order valence-electron chi connectivity index (χ0n) is 10.8. The third-order valence-corrected chi connectivity index (χ3v) is 3.23. The van der Waals surface area contributed by atoms with Crippen LogP contribution in [0.2, 0.25) is 0 Å². The number of hydrogen-bond acceptors (Lipinski definition) is 6. The molecule has 0 aliphatic carbocycles. The molecular formula is C13H11N3O5. The number of anilines is 1. The Kier molecular flexibility index (Phi) is 3.05. The molecule has 1 amide bonds. The summed E-state index contributed by atoms with van der Waals surface area (Å²) in [5, 5.41) is 25.8. The van der Waals surface area contributed by atoms with Gasteiger partial charge in [0, 0.05) is 18.5 Å². The SMILES string of the molecule is O=C(O)C1CC(=O)N(c2nnc(-c3ccc(O)cc3)o2)C1. The molecule has 1 fully saturated rings. The fourth-order valence-corrected chi connectivity index (χ4v) is 2.10. The Hall–Kier alpha value is -2.90. The topological polar surface area (TPSA) is 117 Å². The molecule has 1 aliphatic heterocycles. The predicted octanol–water partition coefficient (Wildman–Crippen LogP) is 0.880. The van der Waals surface area contributed by atoms with Crippen LogP contribution in [0.5, 0.6) is 5.75 Å². The van der Waals surface area contributed by atoms with Crippen LogP contribution in [0.4, 0.5) is 6.01 Å². The highest BCUT2D eigenvalue weighted by Gasteiger charge is 2.37. The van der Waals surface area contributed by atoms with Gasteiger partial charge in [0.05, 0.1) is 5.92 Å². The zero-order valence-corrected chi connectivity index (χ0v) is 10.8. The molecule has 2 N–H and O–H groups in total. The average Bonchev–Trinajstić information content (AvgIpc) is 3.06. The van der Waals surface area contributed by atoms with Crippen LogP contribution in [-0.4, -0.2) is 38.8 Å². The fourth-order valence-electron chi connectivity index (χ4n) is 2.10. The van der Waals surface area contributed by atoms with E-state index in [0.29, 0.717) is 5.56 Å². The molecule has 0 saturated carbocycles. The van der Waals surface area contributed by atoms with Crippen molar-refractivity contribution in [3.8, 4) is 17.2 Å². The van der Waals surface area contributed by atoms with Gasteiger partial charge in [0.1, 0.15) is 5.75 Å². The van der Waals surface area contributed by atoms with Gasteiger partial charge in [0.15, 0.2) is 0 Å². The Morgan fingerprint density at radius 2 is 2.00 bits per heavy atom. The summed E-state index contributed by atoms with van der Waals surface area (Å²) in [5.41, 5.74) is 0.591. The normalized spacial score (nSPS) is 18.2. The minimum Gasteiger partial charge on any atom is -0.508 e. The number of amides is 1. The minimum absolute atomic E-state index is 0.0192. The zero-order chi connectivity index (χ0) is 15.0. The van der Waals surface area contributed by atoms with Crippen LogP contribution in [0, 0.1) is 5.92 Å². The predicted molar refractivity (Wildman–Crippen MR) is 69.5 cm³/mol. The number of carbonyl (C=O) groups excluding carboxylic acids is 1. The molecule has 108 valence electrons. The molecule has 0 spiro atoms. The summed E-state index contributed by atoms with van der Waals surface area (Å²) in [6.07, 6.45) is -0.0771. The molecule has 1 saturated heterocycles. The number of hydrogen-bond donors (Lipinski definition) is 2. The fraction of sp³-hybridized carbons (Fsp3) is 0.231. The summed E-state index contributed by atoms with van der Waals surface area (Å²) in [5.74, 6) is -1.84. The van der Waals surface area contributed by atoms with Crippen LogP contribution in [0.15, 0.2) is 28.7 Å². The van der Waals surface area contributed by atoms with Crippen LogP contribution in [0.25, 0.3) is 11.5 Å². The Morgan fingerprint density at radius 3 is 2.62 bits per heavy atom. The number of rotatable bonds is 3. The molecule has 0 radical (unpaired) electrons. The van der Waals surface area contributed by atoms with Crippen molar-refractivity contribution < 1.29 is 24.2 Å². The minimum atomic E-state index is -1.02. The first-order valence-corrected chi connectivity index (χ1v) is 6.20. The molecule has 1 aromatic heterocycles. The molecule has 1 atom stereocenters.